The number of aromatic nitrogens is 1. The van der Waals surface area contributed by atoms with E-state index >= 15 is 0 Å². The van der Waals surface area contributed by atoms with E-state index in [1.165, 1.54) is 0 Å². The van der Waals surface area contributed by atoms with Gasteiger partial charge in [-0.2, -0.15) is 0 Å². The number of anilines is 1. The minimum atomic E-state index is -0.123. The summed E-state index contributed by atoms with van der Waals surface area (Å²) in [6, 6.07) is 3.68. The topological polar surface area (TPSA) is 57.3 Å². The van der Waals surface area contributed by atoms with Crippen LogP contribution in [-0.4, -0.2) is 48.5 Å². The molecular weight excluding hydrogens is 240 g/mol. The van der Waals surface area contributed by atoms with E-state index in [4.69, 9.17) is 0 Å². The van der Waals surface area contributed by atoms with E-state index in [1.807, 2.05) is 20.0 Å². The van der Waals surface area contributed by atoms with Crippen LogP contribution in [0.3, 0.4) is 0 Å². The molecule has 0 bridgehead atoms. The zero-order chi connectivity index (χ0) is 14.3. The van der Waals surface area contributed by atoms with Gasteiger partial charge in [0.15, 0.2) is 0 Å². The fraction of sp³-hybridized carbons (Fsp3) is 0.571. The van der Waals surface area contributed by atoms with Gasteiger partial charge in [-0.25, -0.2) is 4.98 Å². The highest BCUT2D eigenvalue weighted by molar-refractivity contribution is 5.92. The summed E-state index contributed by atoms with van der Waals surface area (Å²) >= 11 is 0. The lowest BCUT2D eigenvalue weighted by atomic mass is 10.2. The smallest absolute Gasteiger partial charge is 0.270 e. The zero-order valence-corrected chi connectivity index (χ0v) is 12.2. The van der Waals surface area contributed by atoms with Crippen molar-refractivity contribution in [3.05, 3.63) is 24.0 Å². The Morgan fingerprint density at radius 1 is 1.37 bits per heavy atom. The van der Waals surface area contributed by atoms with E-state index < -0.39 is 0 Å². The summed E-state index contributed by atoms with van der Waals surface area (Å²) in [5.74, 6) is -0.123. The molecule has 0 radical (unpaired) electrons. The molecule has 1 aromatic rings. The van der Waals surface area contributed by atoms with Gasteiger partial charge in [0.05, 0.1) is 11.9 Å². The minimum absolute atomic E-state index is 0.109. The van der Waals surface area contributed by atoms with Gasteiger partial charge in [0.1, 0.15) is 5.69 Å². The van der Waals surface area contributed by atoms with Crippen molar-refractivity contribution in [2.45, 2.75) is 26.8 Å². The first-order chi connectivity index (χ1) is 9.10. The van der Waals surface area contributed by atoms with Crippen molar-refractivity contribution in [3.8, 4) is 0 Å². The summed E-state index contributed by atoms with van der Waals surface area (Å²) in [6.45, 7) is 9.09. The molecule has 19 heavy (non-hydrogen) atoms. The summed E-state index contributed by atoms with van der Waals surface area (Å²) in [5.41, 5.74) is 1.35. The first-order valence-electron chi connectivity index (χ1n) is 6.77. The number of hydrogen-bond donors (Lipinski definition) is 2. The van der Waals surface area contributed by atoms with Crippen molar-refractivity contribution in [2.75, 3.05) is 32.0 Å². The quantitative estimate of drug-likeness (QED) is 0.785. The van der Waals surface area contributed by atoms with Crippen molar-refractivity contribution in [1.82, 2.24) is 15.2 Å². The summed E-state index contributed by atoms with van der Waals surface area (Å²) in [6.07, 6.45) is 1.66. The molecule has 0 spiro atoms. The monoisotopic (exact) mass is 264 g/mol. The Bertz CT molecular complexity index is 387. The molecule has 1 unspecified atom stereocenters. The van der Waals surface area contributed by atoms with Gasteiger partial charge >= 0.3 is 0 Å². The van der Waals surface area contributed by atoms with Crippen LogP contribution in [0.5, 0.6) is 0 Å². The van der Waals surface area contributed by atoms with Crippen LogP contribution in [0, 0.1) is 0 Å². The molecule has 0 fully saturated rings. The number of hydrogen-bond acceptors (Lipinski definition) is 4. The number of nitrogens with zero attached hydrogens (tertiary/aromatic N) is 2. The van der Waals surface area contributed by atoms with Crippen molar-refractivity contribution in [1.29, 1.82) is 0 Å². The predicted molar refractivity (Wildman–Crippen MR) is 78.5 cm³/mol. The molecular formula is C14H24N4O. The summed E-state index contributed by atoms with van der Waals surface area (Å²) in [5, 5.41) is 5.94. The molecule has 1 amide bonds. The third kappa shape index (κ3) is 4.87. The molecule has 1 rings (SSSR count). The molecule has 0 saturated carbocycles. The maximum Gasteiger partial charge on any atom is 0.270 e. The van der Waals surface area contributed by atoms with Crippen LogP contribution in [0.4, 0.5) is 5.69 Å². The predicted octanol–water partition coefficient (Wildman–Crippen LogP) is 1.58. The van der Waals surface area contributed by atoms with E-state index in [0.717, 1.165) is 25.3 Å². The maximum atomic E-state index is 12.0. The van der Waals surface area contributed by atoms with E-state index in [9.17, 15) is 4.79 Å². The van der Waals surface area contributed by atoms with E-state index in [-0.39, 0.29) is 11.9 Å². The number of likely N-dealkylation sites (N-methyl/N-ethyl adjacent to an activating group) is 1. The SMILES string of the molecule is CCN(CC)CC(C)NC(=O)c1ccc(NC)cn1. The highest BCUT2D eigenvalue weighted by atomic mass is 16.1. The van der Waals surface area contributed by atoms with Crippen molar-refractivity contribution in [3.63, 3.8) is 0 Å². The second-order valence-electron chi connectivity index (χ2n) is 4.54. The van der Waals surface area contributed by atoms with E-state index in [2.05, 4.69) is 34.4 Å². The number of amides is 1. The molecule has 5 heteroatoms. The number of nitrogens with one attached hydrogen (secondary N) is 2. The Hall–Kier alpha value is -1.62. The normalized spacial score (nSPS) is 12.3. The Morgan fingerprint density at radius 3 is 2.53 bits per heavy atom. The number of rotatable bonds is 7. The van der Waals surface area contributed by atoms with Gasteiger partial charge in [-0.3, -0.25) is 4.79 Å². The van der Waals surface area contributed by atoms with E-state index in [1.54, 1.807) is 12.3 Å². The summed E-state index contributed by atoms with van der Waals surface area (Å²) in [4.78, 5) is 18.4. The molecule has 2 N–H and O–H groups in total. The molecule has 0 aliphatic carbocycles. The number of pyridine rings is 1. The molecule has 5 nitrogen and oxygen atoms in total. The van der Waals surface area contributed by atoms with Crippen LogP contribution in [0.15, 0.2) is 18.3 Å². The standard InChI is InChI=1S/C14H24N4O/c1-5-18(6-2)10-11(3)17-14(19)13-8-7-12(15-4)9-16-13/h7-9,11,15H,5-6,10H2,1-4H3,(H,17,19). The third-order valence-corrected chi connectivity index (χ3v) is 3.09. The van der Waals surface area contributed by atoms with Crippen LogP contribution in [0.2, 0.25) is 0 Å². The fourth-order valence-corrected chi connectivity index (χ4v) is 1.89. The summed E-state index contributed by atoms with van der Waals surface area (Å²) in [7, 11) is 1.82. The average molecular weight is 264 g/mol. The largest absolute Gasteiger partial charge is 0.387 e. The lowest BCUT2D eigenvalue weighted by Gasteiger charge is -2.23. The molecule has 0 saturated heterocycles. The Kier molecular flexibility index (Phi) is 6.29. The molecule has 106 valence electrons. The molecule has 1 aromatic heterocycles. The second kappa shape index (κ2) is 7.74. The first-order valence-corrected chi connectivity index (χ1v) is 6.77. The van der Waals surface area contributed by atoms with E-state index in [0.29, 0.717) is 5.69 Å². The maximum absolute atomic E-state index is 12.0. The van der Waals surface area contributed by atoms with Crippen LogP contribution >= 0.6 is 0 Å². The number of carbonyl (C=O) groups is 1. The van der Waals surface area contributed by atoms with Gasteiger partial charge in [0, 0.05) is 19.6 Å². The fourth-order valence-electron chi connectivity index (χ4n) is 1.89. The van der Waals surface area contributed by atoms with Crippen molar-refractivity contribution in [2.24, 2.45) is 0 Å². The number of carbonyl (C=O) groups excluding carboxylic acids is 1. The Labute approximate surface area is 115 Å². The molecule has 0 aromatic carbocycles. The van der Waals surface area contributed by atoms with Gasteiger partial charge in [-0.1, -0.05) is 13.8 Å². The van der Waals surface area contributed by atoms with Crippen molar-refractivity contribution < 1.29 is 4.79 Å². The Morgan fingerprint density at radius 2 is 2.05 bits per heavy atom. The van der Waals surface area contributed by atoms with Gasteiger partial charge in [-0.15, -0.1) is 0 Å². The first kappa shape index (κ1) is 15.4. The van der Waals surface area contributed by atoms with Gasteiger partial charge in [0.25, 0.3) is 5.91 Å². The van der Waals surface area contributed by atoms with Crippen molar-refractivity contribution >= 4 is 11.6 Å². The van der Waals surface area contributed by atoms with Gasteiger partial charge < -0.3 is 15.5 Å². The van der Waals surface area contributed by atoms with Crippen LogP contribution in [0.1, 0.15) is 31.3 Å². The Balaban J connectivity index is 2.53. The lowest BCUT2D eigenvalue weighted by molar-refractivity contribution is 0.0925. The third-order valence-electron chi connectivity index (χ3n) is 3.09. The lowest BCUT2D eigenvalue weighted by Crippen LogP contribution is -2.42. The zero-order valence-electron chi connectivity index (χ0n) is 12.2. The molecule has 1 atom stereocenters. The minimum Gasteiger partial charge on any atom is -0.387 e. The molecule has 1 heterocycles. The van der Waals surface area contributed by atoms with Crippen LogP contribution in [0.25, 0.3) is 0 Å². The molecule has 0 aliphatic rings. The van der Waals surface area contributed by atoms with Crippen LogP contribution in [-0.2, 0) is 0 Å². The van der Waals surface area contributed by atoms with Gasteiger partial charge in [0.2, 0.25) is 0 Å². The molecule has 0 aliphatic heterocycles. The second-order valence-corrected chi connectivity index (χ2v) is 4.54. The van der Waals surface area contributed by atoms with Crippen LogP contribution < -0.4 is 10.6 Å². The highest BCUT2D eigenvalue weighted by Crippen LogP contribution is 2.05. The summed E-state index contributed by atoms with van der Waals surface area (Å²) < 4.78 is 0. The highest BCUT2D eigenvalue weighted by Gasteiger charge is 2.12. The average Bonchev–Trinajstić information content (AvgIpc) is 2.44. The van der Waals surface area contributed by atoms with Gasteiger partial charge in [-0.05, 0) is 32.1 Å².